The van der Waals surface area contributed by atoms with E-state index in [-0.39, 0.29) is 21.3 Å². The van der Waals surface area contributed by atoms with E-state index in [1.54, 1.807) is 0 Å². The minimum absolute atomic E-state index is 0.146. The lowest BCUT2D eigenvalue weighted by molar-refractivity contribution is -0.141. The number of halogens is 2. The Bertz CT molecular complexity index is 569. The van der Waals surface area contributed by atoms with Gasteiger partial charge in [0, 0.05) is 11.3 Å². The highest BCUT2D eigenvalue weighted by atomic mass is 79.9. The predicted molar refractivity (Wildman–Crippen MR) is 82.8 cm³/mol. The maximum Gasteiger partial charge on any atom is 0.327 e. The van der Waals surface area contributed by atoms with Gasteiger partial charge in [-0.05, 0) is 40.5 Å². The molecule has 1 aromatic rings. The van der Waals surface area contributed by atoms with Crippen molar-refractivity contribution in [2.24, 2.45) is 0 Å². The van der Waals surface area contributed by atoms with Crippen LogP contribution in [0, 0.1) is 5.82 Å². The van der Waals surface area contributed by atoms with Gasteiger partial charge in [-0.1, -0.05) is 13.3 Å². The van der Waals surface area contributed by atoms with E-state index in [2.05, 4.69) is 15.9 Å². The third kappa shape index (κ3) is 3.40. The minimum atomic E-state index is -1.00. The molecule has 0 spiro atoms. The maximum absolute atomic E-state index is 13.3. The lowest BCUT2D eigenvalue weighted by Gasteiger charge is -2.27. The molecular weight excluding hydrogens is 361 g/mol. The average Bonchev–Trinajstić information content (AvgIpc) is 2.85. The molecule has 2 rings (SSSR count). The number of aliphatic carboxylic acids is 1. The lowest BCUT2D eigenvalue weighted by Crippen LogP contribution is -2.45. The molecular formula is C14H15BrFNO3S. The quantitative estimate of drug-likeness (QED) is 0.876. The van der Waals surface area contributed by atoms with Gasteiger partial charge in [-0.15, -0.1) is 11.8 Å². The van der Waals surface area contributed by atoms with Crippen LogP contribution in [-0.4, -0.2) is 39.1 Å². The van der Waals surface area contributed by atoms with Gasteiger partial charge in [0.15, 0.2) is 0 Å². The first-order chi connectivity index (χ1) is 9.95. The Labute approximate surface area is 134 Å². The summed E-state index contributed by atoms with van der Waals surface area (Å²) in [6, 6.07) is 3.14. The number of rotatable bonds is 4. The van der Waals surface area contributed by atoms with Crippen molar-refractivity contribution in [3.8, 4) is 0 Å². The van der Waals surface area contributed by atoms with Crippen LogP contribution < -0.4 is 0 Å². The summed E-state index contributed by atoms with van der Waals surface area (Å²) in [5.41, 5.74) is 0.290. The molecule has 2 atom stereocenters. The van der Waals surface area contributed by atoms with Crippen LogP contribution in [0.3, 0.4) is 0 Å². The lowest BCUT2D eigenvalue weighted by atomic mass is 10.1. The van der Waals surface area contributed by atoms with Crippen LogP contribution in [0.1, 0.15) is 30.1 Å². The van der Waals surface area contributed by atoms with Crippen molar-refractivity contribution in [1.82, 2.24) is 4.90 Å². The standard InChI is InChI=1S/C14H15BrFNO3S/c1-2-3-12-17(11(7-21-12)14(19)20)13(18)8-4-5-10(16)9(15)6-8/h4-6,11-12H,2-3,7H2,1H3,(H,19,20). The number of nitrogens with zero attached hydrogens (tertiary/aromatic N) is 1. The van der Waals surface area contributed by atoms with Crippen LogP contribution in [0.2, 0.25) is 0 Å². The Hall–Kier alpha value is -1.08. The molecule has 1 aliphatic rings. The smallest absolute Gasteiger partial charge is 0.327 e. The number of carboxylic acids is 1. The van der Waals surface area contributed by atoms with Crippen molar-refractivity contribution < 1.29 is 19.1 Å². The molecule has 0 bridgehead atoms. The predicted octanol–water partition coefficient (Wildman–Crippen LogP) is 3.36. The number of carboxylic acid groups (broad SMARTS) is 1. The summed E-state index contributed by atoms with van der Waals surface area (Å²) in [5, 5.41) is 9.14. The van der Waals surface area contributed by atoms with Crippen molar-refractivity contribution >= 4 is 39.6 Å². The summed E-state index contributed by atoms with van der Waals surface area (Å²) >= 11 is 4.53. The fraction of sp³-hybridized carbons (Fsp3) is 0.429. The van der Waals surface area contributed by atoms with E-state index >= 15 is 0 Å². The molecule has 4 nitrogen and oxygen atoms in total. The summed E-state index contributed by atoms with van der Waals surface area (Å²) < 4.78 is 13.5. The van der Waals surface area contributed by atoms with Crippen LogP contribution in [0.15, 0.2) is 22.7 Å². The van der Waals surface area contributed by atoms with Crippen LogP contribution in [0.25, 0.3) is 0 Å². The molecule has 1 heterocycles. The van der Waals surface area contributed by atoms with Gasteiger partial charge in [-0.25, -0.2) is 9.18 Å². The second-order valence-electron chi connectivity index (χ2n) is 4.77. The van der Waals surface area contributed by atoms with E-state index in [9.17, 15) is 19.1 Å². The second-order valence-corrected chi connectivity index (χ2v) is 6.84. The number of hydrogen-bond donors (Lipinski definition) is 1. The zero-order chi connectivity index (χ0) is 15.6. The van der Waals surface area contributed by atoms with Gasteiger partial charge in [0.25, 0.3) is 5.91 Å². The van der Waals surface area contributed by atoms with Crippen LogP contribution in [0.4, 0.5) is 4.39 Å². The first-order valence-electron chi connectivity index (χ1n) is 6.57. The molecule has 0 radical (unpaired) electrons. The van der Waals surface area contributed by atoms with E-state index in [1.165, 1.54) is 34.9 Å². The largest absolute Gasteiger partial charge is 0.480 e. The topological polar surface area (TPSA) is 57.6 Å². The van der Waals surface area contributed by atoms with Gasteiger partial charge in [-0.2, -0.15) is 0 Å². The molecule has 0 saturated carbocycles. The Morgan fingerprint density at radius 3 is 2.81 bits per heavy atom. The molecule has 21 heavy (non-hydrogen) atoms. The summed E-state index contributed by atoms with van der Waals surface area (Å²) in [4.78, 5) is 25.4. The summed E-state index contributed by atoms with van der Waals surface area (Å²) in [6.07, 6.45) is 1.60. The number of carbonyl (C=O) groups excluding carboxylic acids is 1. The van der Waals surface area contributed by atoms with Crippen molar-refractivity contribution in [1.29, 1.82) is 0 Å². The van der Waals surface area contributed by atoms with E-state index in [1.807, 2.05) is 6.92 Å². The Balaban J connectivity index is 2.31. The number of thioether (sulfide) groups is 1. The van der Waals surface area contributed by atoms with Crippen molar-refractivity contribution in [2.45, 2.75) is 31.2 Å². The molecule has 1 fully saturated rings. The first kappa shape index (κ1) is 16.3. The Morgan fingerprint density at radius 1 is 1.52 bits per heavy atom. The average molecular weight is 376 g/mol. The third-order valence-electron chi connectivity index (χ3n) is 3.31. The second kappa shape index (κ2) is 6.79. The van der Waals surface area contributed by atoms with E-state index < -0.39 is 17.8 Å². The molecule has 7 heteroatoms. The number of benzene rings is 1. The normalized spacial score (nSPS) is 21.6. The maximum atomic E-state index is 13.3. The highest BCUT2D eigenvalue weighted by Gasteiger charge is 2.41. The molecule has 114 valence electrons. The number of hydrogen-bond acceptors (Lipinski definition) is 3. The molecule has 1 saturated heterocycles. The number of carbonyl (C=O) groups is 2. The summed E-state index contributed by atoms with van der Waals surface area (Å²) in [6.45, 7) is 1.99. The Morgan fingerprint density at radius 2 is 2.24 bits per heavy atom. The van der Waals surface area contributed by atoms with Crippen molar-refractivity contribution in [2.75, 3.05) is 5.75 Å². The van der Waals surface area contributed by atoms with E-state index in [0.29, 0.717) is 5.75 Å². The van der Waals surface area contributed by atoms with Gasteiger partial charge in [0.2, 0.25) is 0 Å². The molecule has 2 unspecified atom stereocenters. The van der Waals surface area contributed by atoms with E-state index in [4.69, 9.17) is 0 Å². The molecule has 1 aliphatic heterocycles. The molecule has 1 N–H and O–H groups in total. The number of amides is 1. The summed E-state index contributed by atoms with van der Waals surface area (Å²) in [7, 11) is 0. The van der Waals surface area contributed by atoms with Gasteiger partial charge in [-0.3, -0.25) is 4.79 Å². The highest BCUT2D eigenvalue weighted by Crippen LogP contribution is 2.34. The zero-order valence-corrected chi connectivity index (χ0v) is 13.8. The fourth-order valence-corrected chi connectivity index (χ4v) is 4.17. The highest BCUT2D eigenvalue weighted by molar-refractivity contribution is 9.10. The van der Waals surface area contributed by atoms with Gasteiger partial charge >= 0.3 is 5.97 Å². The van der Waals surface area contributed by atoms with Crippen LogP contribution in [-0.2, 0) is 4.79 Å². The SMILES string of the molecule is CCCC1SCC(C(=O)O)N1C(=O)c1ccc(F)c(Br)c1. The Kier molecular flexibility index (Phi) is 5.27. The van der Waals surface area contributed by atoms with Crippen LogP contribution in [0.5, 0.6) is 0 Å². The van der Waals surface area contributed by atoms with Crippen molar-refractivity contribution in [3.05, 3.63) is 34.1 Å². The summed E-state index contributed by atoms with van der Waals surface area (Å²) in [5.74, 6) is -1.45. The molecule has 1 amide bonds. The monoisotopic (exact) mass is 375 g/mol. The van der Waals surface area contributed by atoms with Crippen LogP contribution >= 0.6 is 27.7 Å². The molecule has 0 aliphatic carbocycles. The first-order valence-corrected chi connectivity index (χ1v) is 8.42. The van der Waals surface area contributed by atoms with Crippen molar-refractivity contribution in [3.63, 3.8) is 0 Å². The fourth-order valence-electron chi connectivity index (χ4n) is 2.27. The van der Waals surface area contributed by atoms with E-state index in [0.717, 1.165) is 12.8 Å². The third-order valence-corrected chi connectivity index (χ3v) is 5.28. The van der Waals surface area contributed by atoms with Gasteiger partial charge in [0.05, 0.1) is 9.85 Å². The molecule has 1 aromatic carbocycles. The zero-order valence-electron chi connectivity index (χ0n) is 11.4. The van der Waals surface area contributed by atoms with Gasteiger partial charge < -0.3 is 10.0 Å². The molecule has 0 aromatic heterocycles. The van der Waals surface area contributed by atoms with Gasteiger partial charge in [0.1, 0.15) is 11.9 Å². The minimum Gasteiger partial charge on any atom is -0.480 e.